The summed E-state index contributed by atoms with van der Waals surface area (Å²) in [5.41, 5.74) is 1.50. The molecule has 0 aliphatic heterocycles. The average molecular weight is 466 g/mol. The Bertz CT molecular complexity index is 1090. The number of benzene rings is 1. The van der Waals surface area contributed by atoms with Crippen molar-refractivity contribution in [3.8, 4) is 11.1 Å². The number of amides is 2. The molecule has 2 atom stereocenters. The van der Waals surface area contributed by atoms with Crippen LogP contribution in [0.4, 0.5) is 10.5 Å². The fraction of sp³-hybridized carbons (Fsp3) is 0.308. The van der Waals surface area contributed by atoms with Crippen LogP contribution < -0.4 is 10.6 Å². The molecule has 0 bridgehead atoms. The highest BCUT2D eigenvalue weighted by Gasteiger charge is 2.22. The van der Waals surface area contributed by atoms with Gasteiger partial charge in [-0.3, -0.25) is 9.78 Å². The topological polar surface area (TPSA) is 118 Å². The summed E-state index contributed by atoms with van der Waals surface area (Å²) >= 11 is 0. The summed E-state index contributed by atoms with van der Waals surface area (Å²) in [4.78, 5) is 40.8. The van der Waals surface area contributed by atoms with Crippen molar-refractivity contribution in [3.63, 3.8) is 0 Å². The fourth-order valence-corrected chi connectivity index (χ4v) is 3.06. The molecule has 0 spiro atoms. The first-order valence-electron chi connectivity index (χ1n) is 10.8. The standard InChI is InChI=1S/C26H31N3O5/c1-7-9-21(29-25(33)34-26(4,5)6)22-15-17(12-13-27-22)19-14-18(24(31)32)10-11-20(19)28-23(30)16(3)8-2/h7-8,10-16,21H,1-2,9H2,3-6H3,(H,28,30)(H,29,33)(H,31,32)/t16-,21+/m1/s1. The van der Waals surface area contributed by atoms with Crippen LogP contribution in [0.15, 0.2) is 61.8 Å². The molecule has 1 aromatic carbocycles. The van der Waals surface area contributed by atoms with Gasteiger partial charge in [-0.1, -0.05) is 19.1 Å². The second-order valence-corrected chi connectivity index (χ2v) is 8.77. The van der Waals surface area contributed by atoms with Crippen molar-refractivity contribution in [2.75, 3.05) is 5.32 Å². The van der Waals surface area contributed by atoms with Gasteiger partial charge in [-0.05, 0) is 63.1 Å². The normalized spacial score (nSPS) is 12.7. The number of carbonyl (C=O) groups excluding carboxylic acids is 2. The van der Waals surface area contributed by atoms with Gasteiger partial charge >= 0.3 is 12.1 Å². The maximum absolute atomic E-state index is 12.5. The van der Waals surface area contributed by atoms with Crippen LogP contribution in [0.1, 0.15) is 56.2 Å². The molecule has 8 heteroatoms. The second-order valence-electron chi connectivity index (χ2n) is 8.77. The second kappa shape index (κ2) is 11.3. The van der Waals surface area contributed by atoms with Crippen LogP contribution in [0.2, 0.25) is 0 Å². The van der Waals surface area contributed by atoms with Gasteiger partial charge in [-0.2, -0.15) is 0 Å². The van der Waals surface area contributed by atoms with E-state index in [4.69, 9.17) is 4.74 Å². The number of carboxylic acids is 1. The Hall–Kier alpha value is -3.94. The number of alkyl carbamates (subject to hydrolysis) is 1. The monoisotopic (exact) mass is 465 g/mol. The van der Waals surface area contributed by atoms with E-state index in [-0.39, 0.29) is 11.5 Å². The van der Waals surface area contributed by atoms with Gasteiger partial charge < -0.3 is 20.5 Å². The zero-order chi connectivity index (χ0) is 25.5. The fourth-order valence-electron chi connectivity index (χ4n) is 3.06. The van der Waals surface area contributed by atoms with Crippen molar-refractivity contribution >= 4 is 23.7 Å². The summed E-state index contributed by atoms with van der Waals surface area (Å²) in [6.07, 6.45) is 4.54. The summed E-state index contributed by atoms with van der Waals surface area (Å²) in [6, 6.07) is 7.38. The first-order valence-corrected chi connectivity index (χ1v) is 10.8. The summed E-state index contributed by atoms with van der Waals surface area (Å²) in [5, 5.41) is 15.1. The quantitative estimate of drug-likeness (QED) is 0.430. The predicted octanol–water partition coefficient (Wildman–Crippen LogP) is 5.35. The molecule has 2 amide bonds. The molecule has 34 heavy (non-hydrogen) atoms. The molecule has 3 N–H and O–H groups in total. The Balaban J connectivity index is 2.48. The lowest BCUT2D eigenvalue weighted by Gasteiger charge is -2.23. The molecule has 8 nitrogen and oxygen atoms in total. The smallest absolute Gasteiger partial charge is 0.408 e. The van der Waals surface area contributed by atoms with E-state index >= 15 is 0 Å². The molecular weight excluding hydrogens is 434 g/mol. The number of carboxylic acid groups (broad SMARTS) is 1. The van der Waals surface area contributed by atoms with Crippen molar-refractivity contribution in [3.05, 3.63) is 73.1 Å². The Morgan fingerprint density at radius 3 is 2.47 bits per heavy atom. The van der Waals surface area contributed by atoms with Gasteiger partial charge in [-0.15, -0.1) is 13.2 Å². The third-order valence-corrected chi connectivity index (χ3v) is 4.83. The van der Waals surface area contributed by atoms with E-state index in [2.05, 4.69) is 28.8 Å². The van der Waals surface area contributed by atoms with Gasteiger partial charge in [0.1, 0.15) is 5.60 Å². The maximum atomic E-state index is 12.5. The number of carbonyl (C=O) groups is 3. The van der Waals surface area contributed by atoms with E-state index < -0.39 is 29.6 Å². The largest absolute Gasteiger partial charge is 0.478 e. The van der Waals surface area contributed by atoms with Crippen LogP contribution in [0.25, 0.3) is 11.1 Å². The number of pyridine rings is 1. The number of anilines is 1. The molecular formula is C26H31N3O5. The number of nitrogens with one attached hydrogen (secondary N) is 2. The third-order valence-electron chi connectivity index (χ3n) is 4.83. The highest BCUT2D eigenvalue weighted by molar-refractivity contribution is 5.99. The molecule has 0 aliphatic rings. The van der Waals surface area contributed by atoms with Gasteiger partial charge in [0, 0.05) is 17.4 Å². The average Bonchev–Trinajstić information content (AvgIpc) is 2.77. The Morgan fingerprint density at radius 2 is 1.88 bits per heavy atom. The summed E-state index contributed by atoms with van der Waals surface area (Å²) in [5.74, 6) is -1.80. The van der Waals surface area contributed by atoms with E-state index in [0.29, 0.717) is 28.9 Å². The molecule has 180 valence electrons. The molecule has 0 saturated carbocycles. The van der Waals surface area contributed by atoms with Crippen molar-refractivity contribution in [1.82, 2.24) is 10.3 Å². The Labute approximate surface area is 199 Å². The number of hydrogen-bond donors (Lipinski definition) is 3. The van der Waals surface area contributed by atoms with E-state index in [9.17, 15) is 19.5 Å². The number of ether oxygens (including phenoxy) is 1. The highest BCUT2D eigenvalue weighted by Crippen LogP contribution is 2.31. The maximum Gasteiger partial charge on any atom is 0.408 e. The zero-order valence-corrected chi connectivity index (χ0v) is 19.9. The Kier molecular flexibility index (Phi) is 8.72. The number of rotatable bonds is 9. The Morgan fingerprint density at radius 1 is 1.18 bits per heavy atom. The van der Waals surface area contributed by atoms with Gasteiger partial charge in [0.2, 0.25) is 5.91 Å². The number of aromatic carboxylic acids is 1. The summed E-state index contributed by atoms with van der Waals surface area (Å²) < 4.78 is 5.36. The lowest BCUT2D eigenvalue weighted by atomic mass is 9.98. The van der Waals surface area contributed by atoms with Crippen molar-refractivity contribution < 1.29 is 24.2 Å². The lowest BCUT2D eigenvalue weighted by Crippen LogP contribution is -2.35. The number of aromatic nitrogens is 1. The van der Waals surface area contributed by atoms with E-state index in [1.165, 1.54) is 18.2 Å². The third kappa shape index (κ3) is 7.30. The van der Waals surface area contributed by atoms with Crippen molar-refractivity contribution in [1.29, 1.82) is 0 Å². The van der Waals surface area contributed by atoms with Crippen LogP contribution in [0.3, 0.4) is 0 Å². The summed E-state index contributed by atoms with van der Waals surface area (Å²) in [7, 11) is 0. The highest BCUT2D eigenvalue weighted by atomic mass is 16.6. The minimum Gasteiger partial charge on any atom is -0.478 e. The summed E-state index contributed by atoms with van der Waals surface area (Å²) in [6.45, 7) is 14.4. The zero-order valence-electron chi connectivity index (χ0n) is 19.9. The SMILES string of the molecule is C=CC[C@H](NC(=O)OC(C)(C)C)c1cc(-c2cc(C(=O)O)ccc2NC(=O)[C@H](C)C=C)ccn1. The van der Waals surface area contributed by atoms with Crippen LogP contribution in [0.5, 0.6) is 0 Å². The first kappa shape index (κ1) is 26.3. The van der Waals surface area contributed by atoms with Crippen LogP contribution in [0, 0.1) is 5.92 Å². The molecule has 1 aromatic heterocycles. The van der Waals surface area contributed by atoms with Crippen molar-refractivity contribution in [2.24, 2.45) is 5.92 Å². The van der Waals surface area contributed by atoms with Crippen molar-refractivity contribution in [2.45, 2.75) is 45.8 Å². The molecule has 0 aliphatic carbocycles. The minimum atomic E-state index is -1.09. The van der Waals surface area contributed by atoms with E-state index in [1.54, 1.807) is 58.2 Å². The molecule has 0 unspecified atom stereocenters. The number of hydrogen-bond acceptors (Lipinski definition) is 5. The minimum absolute atomic E-state index is 0.0673. The predicted molar refractivity (Wildman–Crippen MR) is 132 cm³/mol. The molecule has 0 radical (unpaired) electrons. The van der Waals surface area contributed by atoms with Gasteiger partial charge in [0.15, 0.2) is 0 Å². The molecule has 0 fully saturated rings. The van der Waals surface area contributed by atoms with Crippen LogP contribution in [-0.4, -0.2) is 33.7 Å². The van der Waals surface area contributed by atoms with Crippen LogP contribution in [-0.2, 0) is 9.53 Å². The molecule has 2 rings (SSSR count). The molecule has 2 aromatic rings. The van der Waals surface area contributed by atoms with Gasteiger partial charge in [-0.25, -0.2) is 9.59 Å². The van der Waals surface area contributed by atoms with E-state index in [1.807, 2.05) is 0 Å². The van der Waals surface area contributed by atoms with Crippen LogP contribution >= 0.6 is 0 Å². The first-order chi connectivity index (χ1) is 15.9. The van der Waals surface area contributed by atoms with E-state index in [0.717, 1.165) is 0 Å². The molecule has 0 saturated heterocycles. The number of nitrogens with zero attached hydrogens (tertiary/aromatic N) is 1. The lowest BCUT2D eigenvalue weighted by molar-refractivity contribution is -0.118. The molecule has 1 heterocycles. The van der Waals surface area contributed by atoms with Gasteiger partial charge in [0.05, 0.1) is 23.2 Å². The van der Waals surface area contributed by atoms with Gasteiger partial charge in [0.25, 0.3) is 0 Å².